The van der Waals surface area contributed by atoms with Gasteiger partial charge >= 0.3 is 0 Å². The van der Waals surface area contributed by atoms with Crippen LogP contribution in [-0.4, -0.2) is 61.6 Å². The Morgan fingerprint density at radius 3 is 2.54 bits per heavy atom. The zero-order valence-corrected chi connectivity index (χ0v) is 16.6. The summed E-state index contributed by atoms with van der Waals surface area (Å²) in [7, 11) is 0. The van der Waals surface area contributed by atoms with Gasteiger partial charge in [-0.05, 0) is 43.2 Å². The van der Waals surface area contributed by atoms with Crippen LogP contribution in [0.1, 0.15) is 11.1 Å². The molecule has 2 aromatic carbocycles. The summed E-state index contributed by atoms with van der Waals surface area (Å²) in [5.74, 6) is 0.295. The number of benzene rings is 2. The van der Waals surface area contributed by atoms with Gasteiger partial charge in [0.15, 0.2) is 0 Å². The number of piperazine rings is 1. The van der Waals surface area contributed by atoms with Crippen molar-refractivity contribution in [1.29, 1.82) is 0 Å². The van der Waals surface area contributed by atoms with Crippen molar-refractivity contribution >= 4 is 11.6 Å². The van der Waals surface area contributed by atoms with Crippen LogP contribution < -0.4 is 10.1 Å². The molecule has 1 N–H and O–H groups in total. The van der Waals surface area contributed by atoms with E-state index in [0.29, 0.717) is 18.9 Å². The average Bonchev–Trinajstić information content (AvgIpc) is 2.67. The normalized spacial score (nSPS) is 15.4. The zero-order valence-electron chi connectivity index (χ0n) is 16.6. The molecule has 0 spiro atoms. The van der Waals surface area contributed by atoms with Crippen LogP contribution in [0, 0.1) is 19.7 Å². The van der Waals surface area contributed by atoms with Gasteiger partial charge in [0.25, 0.3) is 0 Å². The Bertz CT molecular complexity index is 804. The minimum Gasteiger partial charge on any atom is -0.492 e. The third-order valence-corrected chi connectivity index (χ3v) is 5.18. The highest BCUT2D eigenvalue weighted by Gasteiger charge is 2.19. The Morgan fingerprint density at radius 2 is 1.79 bits per heavy atom. The van der Waals surface area contributed by atoms with Gasteiger partial charge in [-0.2, -0.15) is 0 Å². The molecule has 1 saturated heterocycles. The molecule has 3 rings (SSSR count). The van der Waals surface area contributed by atoms with Crippen molar-refractivity contribution in [3.05, 3.63) is 59.4 Å². The molecule has 1 fully saturated rings. The first-order valence-corrected chi connectivity index (χ1v) is 9.70. The fourth-order valence-electron chi connectivity index (χ4n) is 3.30. The summed E-state index contributed by atoms with van der Waals surface area (Å²) in [6.07, 6.45) is 0. The minimum absolute atomic E-state index is 0.0246. The van der Waals surface area contributed by atoms with Gasteiger partial charge in [0.2, 0.25) is 5.91 Å². The molecule has 0 unspecified atom stereocenters. The Labute approximate surface area is 166 Å². The van der Waals surface area contributed by atoms with Crippen molar-refractivity contribution in [3.63, 3.8) is 0 Å². The molecule has 0 atom stereocenters. The number of carbonyl (C=O) groups is 1. The molecule has 0 bridgehead atoms. The monoisotopic (exact) mass is 385 g/mol. The summed E-state index contributed by atoms with van der Waals surface area (Å²) in [6, 6.07) is 12.2. The summed E-state index contributed by atoms with van der Waals surface area (Å²) in [6.45, 7) is 9.27. The Morgan fingerprint density at radius 1 is 1.07 bits per heavy atom. The van der Waals surface area contributed by atoms with E-state index in [1.54, 1.807) is 12.1 Å². The van der Waals surface area contributed by atoms with E-state index in [9.17, 15) is 9.18 Å². The van der Waals surface area contributed by atoms with Crippen LogP contribution in [0.15, 0.2) is 42.5 Å². The lowest BCUT2D eigenvalue weighted by Crippen LogP contribution is -2.49. The smallest absolute Gasteiger partial charge is 0.238 e. The van der Waals surface area contributed by atoms with E-state index in [0.717, 1.165) is 44.0 Å². The lowest BCUT2D eigenvalue weighted by Gasteiger charge is -2.34. The van der Waals surface area contributed by atoms with Crippen molar-refractivity contribution in [3.8, 4) is 5.75 Å². The molecule has 2 aromatic rings. The average molecular weight is 385 g/mol. The van der Waals surface area contributed by atoms with Gasteiger partial charge in [0, 0.05) is 44.5 Å². The second kappa shape index (κ2) is 9.66. The van der Waals surface area contributed by atoms with E-state index in [-0.39, 0.29) is 11.7 Å². The number of hydrogen-bond donors (Lipinski definition) is 1. The van der Waals surface area contributed by atoms with Gasteiger partial charge in [-0.15, -0.1) is 0 Å². The number of carbonyl (C=O) groups excluding carboxylic acids is 1. The largest absolute Gasteiger partial charge is 0.492 e. The molecule has 0 aromatic heterocycles. The fraction of sp³-hybridized carbons (Fsp3) is 0.409. The first-order valence-electron chi connectivity index (χ1n) is 9.70. The van der Waals surface area contributed by atoms with Crippen molar-refractivity contribution in [1.82, 2.24) is 9.80 Å². The van der Waals surface area contributed by atoms with Crippen LogP contribution in [0.2, 0.25) is 0 Å². The molecule has 1 heterocycles. The molecule has 1 aliphatic heterocycles. The lowest BCUT2D eigenvalue weighted by molar-refractivity contribution is -0.117. The highest BCUT2D eigenvalue weighted by molar-refractivity contribution is 5.93. The molecule has 28 heavy (non-hydrogen) atoms. The minimum atomic E-state index is -0.287. The van der Waals surface area contributed by atoms with Crippen molar-refractivity contribution in [2.45, 2.75) is 13.8 Å². The molecule has 150 valence electrons. The summed E-state index contributed by atoms with van der Waals surface area (Å²) in [5, 5.41) is 3.02. The molecule has 0 aliphatic carbocycles. The molecular weight excluding hydrogens is 357 g/mol. The van der Waals surface area contributed by atoms with Crippen LogP contribution in [0.5, 0.6) is 5.75 Å². The maximum absolute atomic E-state index is 13.1. The SMILES string of the molecule is Cc1cccc(NC(=O)CN2CCN(CCOc3cccc(F)c3)CC2)c1C. The first kappa shape index (κ1) is 20.3. The standard InChI is InChI=1S/C22H28FN3O2/c1-17-5-3-8-21(18(17)2)24-22(27)16-26-11-9-25(10-12-26)13-14-28-20-7-4-6-19(23)15-20/h3-8,15H,9-14,16H2,1-2H3,(H,24,27). The summed E-state index contributed by atoms with van der Waals surface area (Å²) in [5.41, 5.74) is 3.17. The maximum Gasteiger partial charge on any atom is 0.238 e. The molecular formula is C22H28FN3O2. The number of hydrogen-bond acceptors (Lipinski definition) is 4. The van der Waals surface area contributed by atoms with E-state index in [4.69, 9.17) is 4.74 Å². The Kier molecular flexibility index (Phi) is 7.01. The predicted molar refractivity (Wildman–Crippen MR) is 109 cm³/mol. The van der Waals surface area contributed by atoms with E-state index in [2.05, 4.69) is 15.1 Å². The van der Waals surface area contributed by atoms with E-state index in [1.165, 1.54) is 17.7 Å². The number of nitrogens with one attached hydrogen (secondary N) is 1. The molecule has 0 radical (unpaired) electrons. The Balaban J connectivity index is 1.36. The number of aryl methyl sites for hydroxylation is 1. The van der Waals surface area contributed by atoms with Crippen LogP contribution in [0.3, 0.4) is 0 Å². The molecule has 0 saturated carbocycles. The third kappa shape index (κ3) is 5.78. The number of ether oxygens (including phenoxy) is 1. The van der Waals surface area contributed by atoms with Gasteiger partial charge in [0.05, 0.1) is 6.54 Å². The maximum atomic E-state index is 13.1. The quantitative estimate of drug-likeness (QED) is 0.796. The zero-order chi connectivity index (χ0) is 19.9. The highest BCUT2D eigenvalue weighted by atomic mass is 19.1. The first-order chi connectivity index (χ1) is 13.5. The van der Waals surface area contributed by atoms with E-state index in [1.807, 2.05) is 32.0 Å². The van der Waals surface area contributed by atoms with Gasteiger partial charge in [0.1, 0.15) is 18.2 Å². The number of amides is 1. The number of anilines is 1. The van der Waals surface area contributed by atoms with Gasteiger partial charge in [-0.1, -0.05) is 18.2 Å². The van der Waals surface area contributed by atoms with Gasteiger partial charge in [-0.25, -0.2) is 4.39 Å². The summed E-state index contributed by atoms with van der Waals surface area (Å²) < 4.78 is 18.8. The van der Waals surface area contributed by atoms with Crippen molar-refractivity contribution < 1.29 is 13.9 Å². The topological polar surface area (TPSA) is 44.8 Å². The fourth-order valence-corrected chi connectivity index (χ4v) is 3.30. The second-order valence-electron chi connectivity index (χ2n) is 7.22. The Hall–Kier alpha value is -2.44. The van der Waals surface area contributed by atoms with Crippen molar-refractivity contribution in [2.75, 3.05) is 51.2 Å². The molecule has 1 aliphatic rings. The van der Waals surface area contributed by atoms with Gasteiger partial charge < -0.3 is 10.1 Å². The third-order valence-electron chi connectivity index (χ3n) is 5.18. The highest BCUT2D eigenvalue weighted by Crippen LogP contribution is 2.18. The number of halogens is 1. The van der Waals surface area contributed by atoms with Crippen LogP contribution in [-0.2, 0) is 4.79 Å². The lowest BCUT2D eigenvalue weighted by atomic mass is 10.1. The molecule has 1 amide bonds. The second-order valence-corrected chi connectivity index (χ2v) is 7.22. The number of rotatable bonds is 7. The van der Waals surface area contributed by atoms with Crippen molar-refractivity contribution in [2.24, 2.45) is 0 Å². The van der Waals surface area contributed by atoms with Crippen LogP contribution >= 0.6 is 0 Å². The predicted octanol–water partition coefficient (Wildman–Crippen LogP) is 3.08. The van der Waals surface area contributed by atoms with E-state index >= 15 is 0 Å². The van der Waals surface area contributed by atoms with E-state index < -0.39 is 0 Å². The van der Waals surface area contributed by atoms with Crippen LogP contribution in [0.25, 0.3) is 0 Å². The molecule has 5 nitrogen and oxygen atoms in total. The van der Waals surface area contributed by atoms with Crippen LogP contribution in [0.4, 0.5) is 10.1 Å². The number of nitrogens with zero attached hydrogens (tertiary/aromatic N) is 2. The molecule has 6 heteroatoms. The van der Waals surface area contributed by atoms with Gasteiger partial charge in [-0.3, -0.25) is 14.6 Å². The summed E-state index contributed by atoms with van der Waals surface area (Å²) in [4.78, 5) is 16.8. The summed E-state index contributed by atoms with van der Waals surface area (Å²) >= 11 is 0.